The summed E-state index contributed by atoms with van der Waals surface area (Å²) in [5, 5.41) is 1.97. The Labute approximate surface area is 107 Å². The first-order valence-corrected chi connectivity index (χ1v) is 7.18. The smallest absolute Gasteiger partial charge is 0.262 e. The van der Waals surface area contributed by atoms with Gasteiger partial charge < -0.3 is 5.32 Å². The number of halogens is 3. The van der Waals surface area contributed by atoms with Gasteiger partial charge in [-0.3, -0.25) is 4.79 Å². The van der Waals surface area contributed by atoms with Crippen LogP contribution in [0, 0.1) is 5.82 Å². The molecule has 0 saturated heterocycles. The van der Waals surface area contributed by atoms with Crippen molar-refractivity contribution in [3.8, 4) is 0 Å². The molecule has 0 unspecified atom stereocenters. The average Bonchev–Trinajstić information content (AvgIpc) is 2.15. The van der Waals surface area contributed by atoms with Gasteiger partial charge in [0.25, 0.3) is 15.0 Å². The van der Waals surface area contributed by atoms with Crippen LogP contribution in [0.1, 0.15) is 17.3 Å². The van der Waals surface area contributed by atoms with E-state index in [9.17, 15) is 17.6 Å². The predicted octanol–water partition coefficient (Wildman–Crippen LogP) is 2.16. The van der Waals surface area contributed by atoms with Crippen LogP contribution in [0.4, 0.5) is 4.39 Å². The number of carbonyl (C=O) groups is 1. The molecule has 0 aliphatic rings. The van der Waals surface area contributed by atoms with Crippen LogP contribution in [-0.4, -0.2) is 20.9 Å². The second-order valence-electron chi connectivity index (χ2n) is 3.06. The SMILES string of the molecule is CCNC(=O)c1cc(S(=O)(=O)Cl)c(Cl)cc1F. The number of hydrogen-bond donors (Lipinski definition) is 1. The lowest BCUT2D eigenvalue weighted by Crippen LogP contribution is -2.24. The highest BCUT2D eigenvalue weighted by Gasteiger charge is 2.21. The van der Waals surface area contributed by atoms with E-state index in [1.165, 1.54) is 0 Å². The Morgan fingerprint density at radius 2 is 2.06 bits per heavy atom. The molecule has 0 aliphatic carbocycles. The van der Waals surface area contributed by atoms with E-state index in [1.807, 2.05) is 0 Å². The molecule has 4 nitrogen and oxygen atoms in total. The van der Waals surface area contributed by atoms with Crippen LogP contribution < -0.4 is 5.32 Å². The maximum Gasteiger partial charge on any atom is 0.262 e. The number of nitrogens with one attached hydrogen (secondary N) is 1. The van der Waals surface area contributed by atoms with Crippen molar-refractivity contribution >= 4 is 37.2 Å². The maximum absolute atomic E-state index is 13.4. The van der Waals surface area contributed by atoms with Gasteiger partial charge >= 0.3 is 0 Å². The third-order valence-electron chi connectivity index (χ3n) is 1.87. The molecule has 0 heterocycles. The van der Waals surface area contributed by atoms with Crippen molar-refractivity contribution in [1.29, 1.82) is 0 Å². The molecule has 1 aromatic carbocycles. The van der Waals surface area contributed by atoms with Gasteiger partial charge in [0.05, 0.1) is 10.6 Å². The van der Waals surface area contributed by atoms with E-state index in [0.717, 1.165) is 12.1 Å². The van der Waals surface area contributed by atoms with E-state index in [0.29, 0.717) is 0 Å². The third-order valence-corrected chi connectivity index (χ3v) is 3.65. The Kier molecular flexibility index (Phi) is 4.35. The molecule has 0 aromatic heterocycles. The Balaban J connectivity index is 3.39. The Morgan fingerprint density at radius 3 is 2.53 bits per heavy atom. The van der Waals surface area contributed by atoms with Gasteiger partial charge in [0.2, 0.25) is 0 Å². The molecule has 8 heteroatoms. The van der Waals surface area contributed by atoms with E-state index < -0.39 is 31.2 Å². The van der Waals surface area contributed by atoms with Crippen LogP contribution in [0.5, 0.6) is 0 Å². The number of amides is 1. The van der Waals surface area contributed by atoms with E-state index in [2.05, 4.69) is 5.32 Å². The highest BCUT2D eigenvalue weighted by molar-refractivity contribution is 8.13. The fraction of sp³-hybridized carbons (Fsp3) is 0.222. The minimum atomic E-state index is -4.13. The highest BCUT2D eigenvalue weighted by Crippen LogP contribution is 2.27. The first-order chi connectivity index (χ1) is 7.77. The Hall–Kier alpha value is -0.850. The fourth-order valence-corrected chi connectivity index (χ4v) is 2.65. The van der Waals surface area contributed by atoms with Crippen LogP contribution in [0.15, 0.2) is 17.0 Å². The zero-order valence-corrected chi connectivity index (χ0v) is 11.0. The quantitative estimate of drug-likeness (QED) is 0.870. The summed E-state index contributed by atoms with van der Waals surface area (Å²) in [5.74, 6) is -1.65. The number of carbonyl (C=O) groups excluding carboxylic acids is 1. The molecular weight excluding hydrogens is 292 g/mol. The minimum absolute atomic E-state index is 0.282. The molecule has 0 atom stereocenters. The van der Waals surface area contributed by atoms with Crippen molar-refractivity contribution in [1.82, 2.24) is 5.32 Å². The molecule has 0 spiro atoms. The molecular formula is C9H8Cl2FNO3S. The second kappa shape index (κ2) is 5.20. The number of rotatable bonds is 3. The van der Waals surface area contributed by atoms with E-state index in [-0.39, 0.29) is 11.6 Å². The molecule has 1 rings (SSSR count). The summed E-state index contributed by atoms with van der Waals surface area (Å²) in [4.78, 5) is 10.9. The predicted molar refractivity (Wildman–Crippen MR) is 62.5 cm³/mol. The number of hydrogen-bond acceptors (Lipinski definition) is 3. The van der Waals surface area contributed by atoms with Crippen LogP contribution in [0.2, 0.25) is 5.02 Å². The summed E-state index contributed by atoms with van der Waals surface area (Å²) in [6.07, 6.45) is 0. The normalized spacial score (nSPS) is 11.3. The van der Waals surface area contributed by atoms with Gasteiger partial charge in [-0.15, -0.1) is 0 Å². The topological polar surface area (TPSA) is 63.2 Å². The minimum Gasteiger partial charge on any atom is -0.352 e. The summed E-state index contributed by atoms with van der Waals surface area (Å²) in [6, 6.07) is 1.55. The van der Waals surface area contributed by atoms with Crippen molar-refractivity contribution < 1.29 is 17.6 Å². The first-order valence-electron chi connectivity index (χ1n) is 4.49. The lowest BCUT2D eigenvalue weighted by Gasteiger charge is -2.06. The van der Waals surface area contributed by atoms with Crippen molar-refractivity contribution in [2.45, 2.75) is 11.8 Å². The Bertz CT molecular complexity index is 560. The first kappa shape index (κ1) is 14.2. The molecule has 0 aliphatic heterocycles. The Morgan fingerprint density at radius 1 is 1.47 bits per heavy atom. The van der Waals surface area contributed by atoms with Gasteiger partial charge in [-0.2, -0.15) is 0 Å². The van der Waals surface area contributed by atoms with E-state index >= 15 is 0 Å². The van der Waals surface area contributed by atoms with Gasteiger partial charge in [-0.1, -0.05) is 11.6 Å². The number of benzene rings is 1. The largest absolute Gasteiger partial charge is 0.352 e. The second-order valence-corrected chi connectivity index (χ2v) is 6.00. The summed E-state index contributed by atoms with van der Waals surface area (Å²) in [6.45, 7) is 1.93. The lowest BCUT2D eigenvalue weighted by molar-refractivity contribution is 0.0951. The van der Waals surface area contributed by atoms with Gasteiger partial charge in [0.1, 0.15) is 10.7 Å². The van der Waals surface area contributed by atoms with E-state index in [4.69, 9.17) is 22.3 Å². The molecule has 1 amide bonds. The summed E-state index contributed by atoms with van der Waals surface area (Å²) in [7, 11) is 0.976. The van der Waals surface area contributed by atoms with Crippen LogP contribution in [0.3, 0.4) is 0 Å². The van der Waals surface area contributed by atoms with Gasteiger partial charge in [-0.25, -0.2) is 12.8 Å². The monoisotopic (exact) mass is 299 g/mol. The summed E-state index contributed by atoms with van der Waals surface area (Å²) in [5.41, 5.74) is -0.421. The molecule has 0 radical (unpaired) electrons. The summed E-state index contributed by atoms with van der Waals surface area (Å²) >= 11 is 5.53. The third kappa shape index (κ3) is 3.31. The molecule has 1 N–H and O–H groups in total. The van der Waals surface area contributed by atoms with Crippen LogP contribution >= 0.6 is 22.3 Å². The van der Waals surface area contributed by atoms with Crippen LogP contribution in [0.25, 0.3) is 0 Å². The molecule has 1 aromatic rings. The maximum atomic E-state index is 13.4. The summed E-state index contributed by atoms with van der Waals surface area (Å²) < 4.78 is 35.7. The fourth-order valence-electron chi connectivity index (χ4n) is 1.15. The van der Waals surface area contributed by atoms with Gasteiger partial charge in [0, 0.05) is 17.2 Å². The zero-order chi connectivity index (χ0) is 13.2. The van der Waals surface area contributed by atoms with Gasteiger partial charge in [0.15, 0.2) is 0 Å². The molecule has 17 heavy (non-hydrogen) atoms. The molecule has 0 bridgehead atoms. The molecule has 94 valence electrons. The average molecular weight is 300 g/mol. The van der Waals surface area contributed by atoms with Gasteiger partial charge in [-0.05, 0) is 19.1 Å². The van der Waals surface area contributed by atoms with Crippen molar-refractivity contribution in [3.63, 3.8) is 0 Å². The zero-order valence-electron chi connectivity index (χ0n) is 8.63. The molecule has 0 fully saturated rings. The van der Waals surface area contributed by atoms with Crippen molar-refractivity contribution in [2.75, 3.05) is 6.54 Å². The highest BCUT2D eigenvalue weighted by atomic mass is 35.7. The lowest BCUT2D eigenvalue weighted by atomic mass is 10.2. The van der Waals surface area contributed by atoms with E-state index in [1.54, 1.807) is 6.92 Å². The van der Waals surface area contributed by atoms with Crippen molar-refractivity contribution in [2.24, 2.45) is 0 Å². The molecule has 0 saturated carbocycles. The van der Waals surface area contributed by atoms with Crippen LogP contribution in [-0.2, 0) is 9.05 Å². The van der Waals surface area contributed by atoms with Crippen molar-refractivity contribution in [3.05, 3.63) is 28.5 Å². The standard InChI is InChI=1S/C9H8Cl2FNO3S/c1-2-13-9(14)5-3-8(17(11,15)16)6(10)4-7(5)12/h3-4H,2H2,1H3,(H,13,14).